The zero-order chi connectivity index (χ0) is 19.4. The molecule has 0 aliphatic carbocycles. The summed E-state index contributed by atoms with van der Waals surface area (Å²) in [5, 5.41) is 6.31. The van der Waals surface area contributed by atoms with Gasteiger partial charge in [-0.05, 0) is 52.7 Å². The molecule has 3 rings (SSSR count). The van der Waals surface area contributed by atoms with Crippen LogP contribution in [-0.2, 0) is 9.59 Å². The van der Waals surface area contributed by atoms with Crippen LogP contribution >= 0.6 is 15.9 Å². The normalized spacial score (nSPS) is 12.1. The Kier molecular flexibility index (Phi) is 5.60. The van der Waals surface area contributed by atoms with Gasteiger partial charge in [-0.15, -0.1) is 0 Å². The van der Waals surface area contributed by atoms with Crippen molar-refractivity contribution >= 4 is 39.6 Å². The molecule has 2 amide bonds. The highest BCUT2D eigenvalue weighted by Crippen LogP contribution is 2.36. The molecule has 0 saturated heterocycles. The Morgan fingerprint density at radius 1 is 1.19 bits per heavy atom. The van der Waals surface area contributed by atoms with Gasteiger partial charge in [0.25, 0.3) is 0 Å². The molecular weight excluding hydrogens is 418 g/mol. The number of ether oxygens (including phenoxy) is 3. The third-order valence-corrected chi connectivity index (χ3v) is 4.36. The number of hydrazone groups is 1. The van der Waals surface area contributed by atoms with E-state index in [-0.39, 0.29) is 6.79 Å². The smallest absolute Gasteiger partial charge is 0.329 e. The molecule has 0 unspecified atom stereocenters. The molecule has 2 N–H and O–H groups in total. The number of amides is 2. The van der Waals surface area contributed by atoms with Crippen molar-refractivity contribution < 1.29 is 23.8 Å². The second kappa shape index (κ2) is 8.09. The SMILES string of the molecule is COc1ccc(C)cc1NC(=O)C(=O)N/N=C/c1cc2c(cc1Br)OCO2. The first-order chi connectivity index (χ1) is 13.0. The lowest BCUT2D eigenvalue weighted by atomic mass is 10.2. The van der Waals surface area contributed by atoms with Crippen LogP contribution in [0.15, 0.2) is 39.9 Å². The number of carbonyl (C=O) groups excluding carboxylic acids is 2. The fourth-order valence-electron chi connectivity index (χ4n) is 2.34. The van der Waals surface area contributed by atoms with E-state index in [1.54, 1.807) is 24.3 Å². The Balaban J connectivity index is 1.63. The molecule has 0 fully saturated rings. The standard InChI is InChI=1S/C18H16BrN3O5/c1-10-3-4-14(25-2)13(5-10)21-17(23)18(24)22-20-8-11-6-15-16(7-12(11)19)27-9-26-15/h3-8H,9H2,1-2H3,(H,21,23)(H,22,24)/b20-8+. The number of nitrogens with one attached hydrogen (secondary N) is 2. The van der Waals surface area contributed by atoms with Gasteiger partial charge in [0, 0.05) is 10.0 Å². The Morgan fingerprint density at radius 2 is 1.93 bits per heavy atom. The second-order valence-corrected chi connectivity index (χ2v) is 6.44. The molecule has 2 aromatic carbocycles. The Hall–Kier alpha value is -3.07. The molecule has 0 atom stereocenters. The minimum atomic E-state index is -0.910. The Labute approximate surface area is 163 Å². The summed E-state index contributed by atoms with van der Waals surface area (Å²) in [6, 6.07) is 8.69. The van der Waals surface area contributed by atoms with Gasteiger partial charge in [0.15, 0.2) is 11.5 Å². The van der Waals surface area contributed by atoms with Crippen molar-refractivity contribution in [1.82, 2.24) is 5.43 Å². The van der Waals surface area contributed by atoms with E-state index in [0.29, 0.717) is 33.0 Å². The maximum absolute atomic E-state index is 12.1. The van der Waals surface area contributed by atoms with Crippen LogP contribution in [-0.4, -0.2) is 31.9 Å². The van der Waals surface area contributed by atoms with Crippen LogP contribution in [0.1, 0.15) is 11.1 Å². The maximum atomic E-state index is 12.1. The summed E-state index contributed by atoms with van der Waals surface area (Å²) >= 11 is 3.38. The molecule has 8 nitrogen and oxygen atoms in total. The van der Waals surface area contributed by atoms with E-state index < -0.39 is 11.8 Å². The highest BCUT2D eigenvalue weighted by molar-refractivity contribution is 9.10. The molecule has 0 bridgehead atoms. The van der Waals surface area contributed by atoms with Crippen molar-refractivity contribution in [2.45, 2.75) is 6.92 Å². The summed E-state index contributed by atoms with van der Waals surface area (Å²) in [6.45, 7) is 2.02. The number of hydrogen-bond donors (Lipinski definition) is 2. The van der Waals surface area contributed by atoms with Crippen LogP contribution in [0.25, 0.3) is 0 Å². The maximum Gasteiger partial charge on any atom is 0.329 e. The highest BCUT2D eigenvalue weighted by atomic mass is 79.9. The van der Waals surface area contributed by atoms with Gasteiger partial charge < -0.3 is 19.5 Å². The second-order valence-electron chi connectivity index (χ2n) is 5.58. The Bertz CT molecular complexity index is 929. The fraction of sp³-hybridized carbons (Fsp3) is 0.167. The minimum Gasteiger partial charge on any atom is -0.495 e. The molecule has 1 aliphatic rings. The van der Waals surface area contributed by atoms with E-state index >= 15 is 0 Å². The van der Waals surface area contributed by atoms with Gasteiger partial charge in [-0.3, -0.25) is 9.59 Å². The van der Waals surface area contributed by atoms with Crippen molar-refractivity contribution in [3.05, 3.63) is 45.9 Å². The molecule has 0 radical (unpaired) electrons. The molecular formula is C18H16BrN3O5. The summed E-state index contributed by atoms with van der Waals surface area (Å²) in [6.07, 6.45) is 1.39. The molecule has 140 valence electrons. The molecule has 0 spiro atoms. The van der Waals surface area contributed by atoms with Crippen LogP contribution < -0.4 is 25.0 Å². The first-order valence-electron chi connectivity index (χ1n) is 7.86. The fourth-order valence-corrected chi connectivity index (χ4v) is 2.77. The predicted molar refractivity (Wildman–Crippen MR) is 102 cm³/mol. The molecule has 1 heterocycles. The summed E-state index contributed by atoms with van der Waals surface area (Å²) < 4.78 is 16.4. The number of anilines is 1. The van der Waals surface area contributed by atoms with Gasteiger partial charge in [-0.1, -0.05) is 6.07 Å². The lowest BCUT2D eigenvalue weighted by Crippen LogP contribution is -2.32. The van der Waals surface area contributed by atoms with Gasteiger partial charge in [-0.25, -0.2) is 5.43 Å². The first-order valence-corrected chi connectivity index (χ1v) is 8.65. The zero-order valence-electron chi connectivity index (χ0n) is 14.5. The van der Waals surface area contributed by atoms with E-state index in [9.17, 15) is 9.59 Å². The van der Waals surface area contributed by atoms with Crippen molar-refractivity contribution in [3.8, 4) is 17.2 Å². The number of carbonyl (C=O) groups is 2. The lowest BCUT2D eigenvalue weighted by molar-refractivity contribution is -0.136. The molecule has 9 heteroatoms. The summed E-state index contributed by atoms with van der Waals surface area (Å²) in [5.41, 5.74) is 4.15. The number of aryl methyl sites for hydroxylation is 1. The average molecular weight is 434 g/mol. The van der Waals surface area contributed by atoms with Gasteiger partial charge in [0.1, 0.15) is 5.75 Å². The van der Waals surface area contributed by atoms with Gasteiger partial charge in [0.2, 0.25) is 6.79 Å². The van der Waals surface area contributed by atoms with E-state index in [2.05, 4.69) is 31.8 Å². The zero-order valence-corrected chi connectivity index (χ0v) is 16.1. The van der Waals surface area contributed by atoms with E-state index in [1.165, 1.54) is 13.3 Å². The third kappa shape index (κ3) is 4.37. The van der Waals surface area contributed by atoms with Crippen LogP contribution in [0.2, 0.25) is 0 Å². The summed E-state index contributed by atoms with van der Waals surface area (Å²) in [5.74, 6) is -0.119. The topological polar surface area (TPSA) is 98.2 Å². The lowest BCUT2D eigenvalue weighted by Gasteiger charge is -2.10. The van der Waals surface area contributed by atoms with Gasteiger partial charge >= 0.3 is 11.8 Å². The molecule has 27 heavy (non-hydrogen) atoms. The number of fused-ring (bicyclic) bond motifs is 1. The van der Waals surface area contributed by atoms with Crippen LogP contribution in [0.4, 0.5) is 5.69 Å². The largest absolute Gasteiger partial charge is 0.495 e. The van der Waals surface area contributed by atoms with E-state index in [0.717, 1.165) is 5.56 Å². The number of rotatable bonds is 4. The van der Waals surface area contributed by atoms with E-state index in [1.807, 2.05) is 13.0 Å². The highest BCUT2D eigenvalue weighted by Gasteiger charge is 2.17. The molecule has 0 saturated carbocycles. The number of benzene rings is 2. The van der Waals surface area contributed by atoms with Crippen LogP contribution in [0, 0.1) is 6.92 Å². The summed E-state index contributed by atoms with van der Waals surface area (Å²) in [4.78, 5) is 24.0. The van der Waals surface area contributed by atoms with Crippen molar-refractivity contribution in [2.24, 2.45) is 5.10 Å². The third-order valence-electron chi connectivity index (χ3n) is 3.67. The van der Waals surface area contributed by atoms with Crippen molar-refractivity contribution in [3.63, 3.8) is 0 Å². The van der Waals surface area contributed by atoms with Gasteiger partial charge in [0.05, 0.1) is 19.0 Å². The van der Waals surface area contributed by atoms with Crippen LogP contribution in [0.3, 0.4) is 0 Å². The first kappa shape index (κ1) is 18.7. The predicted octanol–water partition coefficient (Wildman–Crippen LogP) is 2.58. The number of hydrogen-bond acceptors (Lipinski definition) is 6. The van der Waals surface area contributed by atoms with Gasteiger partial charge in [-0.2, -0.15) is 5.10 Å². The Morgan fingerprint density at radius 3 is 2.67 bits per heavy atom. The minimum absolute atomic E-state index is 0.154. The summed E-state index contributed by atoms with van der Waals surface area (Å²) in [7, 11) is 1.48. The van der Waals surface area contributed by atoms with Crippen molar-refractivity contribution in [1.29, 1.82) is 0 Å². The van der Waals surface area contributed by atoms with Crippen LogP contribution in [0.5, 0.6) is 17.2 Å². The number of nitrogens with zero attached hydrogens (tertiary/aromatic N) is 1. The van der Waals surface area contributed by atoms with E-state index in [4.69, 9.17) is 14.2 Å². The molecule has 0 aromatic heterocycles. The molecule has 1 aliphatic heterocycles. The number of halogens is 1. The number of methoxy groups -OCH3 is 1. The quantitative estimate of drug-likeness (QED) is 0.438. The van der Waals surface area contributed by atoms with Crippen molar-refractivity contribution in [2.75, 3.05) is 19.2 Å². The molecule has 2 aromatic rings. The average Bonchev–Trinajstić information content (AvgIpc) is 3.09. The monoisotopic (exact) mass is 433 g/mol.